The van der Waals surface area contributed by atoms with Crippen LogP contribution >= 0.6 is 11.8 Å². The lowest BCUT2D eigenvalue weighted by molar-refractivity contribution is -0.384. The molecule has 0 saturated carbocycles. The van der Waals surface area contributed by atoms with Gasteiger partial charge in [-0.2, -0.15) is 9.61 Å². The summed E-state index contributed by atoms with van der Waals surface area (Å²) < 4.78 is 6.87. The molecule has 10 heteroatoms. The highest BCUT2D eigenvalue weighted by atomic mass is 32.2. The highest BCUT2D eigenvalue weighted by Crippen LogP contribution is 2.22. The van der Waals surface area contributed by atoms with Crippen molar-refractivity contribution in [2.75, 3.05) is 5.75 Å². The summed E-state index contributed by atoms with van der Waals surface area (Å²) in [5, 5.41) is 23.8. The van der Waals surface area contributed by atoms with E-state index >= 15 is 0 Å². The van der Waals surface area contributed by atoms with Crippen LogP contribution in [0.4, 0.5) is 5.69 Å². The summed E-state index contributed by atoms with van der Waals surface area (Å²) in [5.41, 5.74) is 1.30. The molecule has 0 amide bonds. The van der Waals surface area contributed by atoms with E-state index in [4.69, 9.17) is 4.42 Å². The predicted molar refractivity (Wildman–Crippen MR) is 96.6 cm³/mol. The van der Waals surface area contributed by atoms with E-state index < -0.39 is 4.92 Å². The first-order chi connectivity index (χ1) is 13.1. The van der Waals surface area contributed by atoms with Crippen LogP contribution in [0.2, 0.25) is 0 Å². The van der Waals surface area contributed by atoms with Crippen LogP contribution in [0.25, 0.3) is 17.1 Å². The number of hydrogen-bond acceptors (Lipinski definition) is 8. The molecular weight excluding hydrogens is 370 g/mol. The van der Waals surface area contributed by atoms with Gasteiger partial charge in [-0.25, -0.2) is 0 Å². The van der Waals surface area contributed by atoms with Crippen LogP contribution in [-0.2, 0) is 0 Å². The van der Waals surface area contributed by atoms with E-state index in [9.17, 15) is 14.9 Å². The Kier molecular flexibility index (Phi) is 4.38. The first-order valence-corrected chi connectivity index (χ1v) is 8.77. The molecule has 0 atom stereocenters. The third-order valence-corrected chi connectivity index (χ3v) is 4.64. The van der Waals surface area contributed by atoms with E-state index in [-0.39, 0.29) is 22.8 Å². The Labute approximate surface area is 156 Å². The van der Waals surface area contributed by atoms with Crippen molar-refractivity contribution in [1.82, 2.24) is 19.8 Å². The first kappa shape index (κ1) is 16.9. The lowest BCUT2D eigenvalue weighted by Crippen LogP contribution is -2.04. The number of fused-ring (bicyclic) bond motifs is 1. The number of nitro groups is 1. The lowest BCUT2D eigenvalue weighted by atomic mass is 10.1. The average Bonchev–Trinajstić information content (AvgIpc) is 3.35. The molecule has 0 spiro atoms. The maximum absolute atomic E-state index is 12.4. The summed E-state index contributed by atoms with van der Waals surface area (Å²) in [6.07, 6.45) is 1.56. The highest BCUT2D eigenvalue weighted by molar-refractivity contribution is 7.99. The topological polar surface area (TPSA) is 116 Å². The molecule has 0 N–H and O–H groups in total. The van der Waals surface area contributed by atoms with Crippen molar-refractivity contribution in [1.29, 1.82) is 0 Å². The predicted octanol–water partition coefficient (Wildman–Crippen LogP) is 3.27. The molecule has 27 heavy (non-hydrogen) atoms. The Morgan fingerprint density at radius 3 is 2.85 bits per heavy atom. The largest absolute Gasteiger partial charge is 0.463 e. The number of Topliss-reactive ketones (excluding diaryl/α,β-unsaturated/α-hetero) is 1. The minimum atomic E-state index is -0.532. The summed E-state index contributed by atoms with van der Waals surface area (Å²) in [6, 6.07) is 12.7. The molecule has 1 aromatic carbocycles. The number of carbonyl (C=O) groups excluding carboxylic acids is 1. The van der Waals surface area contributed by atoms with E-state index in [1.165, 1.54) is 22.7 Å². The van der Waals surface area contributed by atoms with Gasteiger partial charge in [0.25, 0.3) is 5.69 Å². The summed E-state index contributed by atoms with van der Waals surface area (Å²) in [4.78, 5) is 22.7. The zero-order valence-corrected chi connectivity index (χ0v) is 14.5. The number of non-ortho nitro benzene ring substituents is 1. The lowest BCUT2D eigenvalue weighted by Gasteiger charge is -2.02. The molecular formula is C17H11N5O4S. The molecule has 0 bridgehead atoms. The third-order valence-electron chi connectivity index (χ3n) is 3.72. The van der Waals surface area contributed by atoms with E-state index in [0.29, 0.717) is 22.3 Å². The molecule has 4 rings (SSSR count). The van der Waals surface area contributed by atoms with Crippen LogP contribution in [0, 0.1) is 10.1 Å². The van der Waals surface area contributed by atoms with Gasteiger partial charge in [0.1, 0.15) is 5.69 Å². The minimum absolute atomic E-state index is 0.0502. The van der Waals surface area contributed by atoms with Crippen LogP contribution in [0.15, 0.2) is 64.4 Å². The summed E-state index contributed by atoms with van der Waals surface area (Å²) in [7, 11) is 0. The molecule has 134 valence electrons. The Hall–Kier alpha value is -3.53. The van der Waals surface area contributed by atoms with Gasteiger partial charge >= 0.3 is 0 Å². The number of ketones is 1. The van der Waals surface area contributed by atoms with Crippen LogP contribution in [0.5, 0.6) is 0 Å². The Morgan fingerprint density at radius 1 is 1.19 bits per heavy atom. The molecule has 0 unspecified atom stereocenters. The molecule has 0 saturated heterocycles. The standard InChI is InChI=1S/C17H11N5O4S/c23-14(11-3-1-4-12(9-11)22(24)25)10-27-17-19-18-16-7-6-13(20-21(16)17)15-5-2-8-26-15/h1-9H,10H2. The van der Waals surface area contributed by atoms with Crippen molar-refractivity contribution < 1.29 is 14.1 Å². The SMILES string of the molecule is O=C(CSc1nnc2ccc(-c3ccco3)nn12)c1cccc([N+](=O)[O-])c1. The molecule has 0 aliphatic heterocycles. The number of carbonyl (C=O) groups is 1. The highest BCUT2D eigenvalue weighted by Gasteiger charge is 2.15. The van der Waals surface area contributed by atoms with Crippen LogP contribution in [-0.4, -0.2) is 36.3 Å². The van der Waals surface area contributed by atoms with Crippen LogP contribution in [0.3, 0.4) is 0 Å². The number of benzene rings is 1. The normalized spacial score (nSPS) is 11.0. The fourth-order valence-electron chi connectivity index (χ4n) is 2.42. The van der Waals surface area contributed by atoms with Crippen LogP contribution < -0.4 is 0 Å². The van der Waals surface area contributed by atoms with Gasteiger partial charge in [0.2, 0.25) is 5.16 Å². The number of furan rings is 1. The molecule has 0 aliphatic carbocycles. The molecule has 4 aromatic rings. The second-order valence-corrected chi connectivity index (χ2v) is 6.41. The number of thioether (sulfide) groups is 1. The average molecular weight is 381 g/mol. The van der Waals surface area contributed by atoms with Gasteiger partial charge < -0.3 is 4.42 Å². The second-order valence-electron chi connectivity index (χ2n) is 5.47. The summed E-state index contributed by atoms with van der Waals surface area (Å²) in [5.74, 6) is 0.408. The van der Waals surface area contributed by atoms with E-state index in [1.807, 2.05) is 0 Å². The van der Waals surface area contributed by atoms with Gasteiger partial charge in [0.05, 0.1) is 16.9 Å². The fraction of sp³-hybridized carbons (Fsp3) is 0.0588. The number of aromatic nitrogens is 4. The molecule has 3 aromatic heterocycles. The van der Waals surface area contributed by atoms with Gasteiger partial charge in [-0.15, -0.1) is 10.2 Å². The maximum Gasteiger partial charge on any atom is 0.270 e. The number of nitro benzene ring substituents is 1. The van der Waals surface area contributed by atoms with Crippen molar-refractivity contribution in [3.8, 4) is 11.5 Å². The van der Waals surface area contributed by atoms with Gasteiger partial charge in [0, 0.05) is 17.7 Å². The number of rotatable bonds is 6. The Morgan fingerprint density at radius 2 is 2.07 bits per heavy atom. The molecule has 0 fully saturated rings. The van der Waals surface area contributed by atoms with Gasteiger partial charge in [-0.1, -0.05) is 23.9 Å². The Balaban J connectivity index is 1.55. The molecule has 9 nitrogen and oxygen atoms in total. The van der Waals surface area contributed by atoms with Crippen molar-refractivity contribution >= 4 is 28.9 Å². The maximum atomic E-state index is 12.4. The van der Waals surface area contributed by atoms with Crippen molar-refractivity contribution in [2.24, 2.45) is 0 Å². The minimum Gasteiger partial charge on any atom is -0.463 e. The van der Waals surface area contributed by atoms with Gasteiger partial charge in [-0.3, -0.25) is 14.9 Å². The molecule has 0 aliphatic rings. The van der Waals surface area contributed by atoms with Crippen molar-refractivity contribution in [3.05, 3.63) is 70.5 Å². The monoisotopic (exact) mass is 381 g/mol. The summed E-state index contributed by atoms with van der Waals surface area (Å²) in [6.45, 7) is 0. The zero-order valence-electron chi connectivity index (χ0n) is 13.7. The smallest absolute Gasteiger partial charge is 0.270 e. The van der Waals surface area contributed by atoms with Crippen molar-refractivity contribution in [3.63, 3.8) is 0 Å². The molecule has 0 radical (unpaired) electrons. The summed E-state index contributed by atoms with van der Waals surface area (Å²) >= 11 is 1.16. The van der Waals surface area contributed by atoms with E-state index in [1.54, 1.807) is 36.6 Å². The number of hydrogen-bond donors (Lipinski definition) is 0. The molecule has 3 heterocycles. The van der Waals surface area contributed by atoms with Gasteiger partial charge in [0.15, 0.2) is 17.2 Å². The Bertz CT molecular complexity index is 1140. The fourth-order valence-corrected chi connectivity index (χ4v) is 3.20. The third kappa shape index (κ3) is 3.42. The zero-order chi connectivity index (χ0) is 18.8. The quantitative estimate of drug-likeness (QED) is 0.216. The van der Waals surface area contributed by atoms with E-state index in [0.717, 1.165) is 11.8 Å². The first-order valence-electron chi connectivity index (χ1n) is 7.78. The number of nitrogens with zero attached hydrogens (tertiary/aromatic N) is 5. The van der Waals surface area contributed by atoms with Crippen LogP contribution in [0.1, 0.15) is 10.4 Å². The van der Waals surface area contributed by atoms with Crippen molar-refractivity contribution in [2.45, 2.75) is 5.16 Å². The van der Waals surface area contributed by atoms with E-state index in [2.05, 4.69) is 15.3 Å². The second kappa shape index (κ2) is 7.00. The van der Waals surface area contributed by atoms with Gasteiger partial charge in [-0.05, 0) is 24.3 Å².